The summed E-state index contributed by atoms with van der Waals surface area (Å²) in [6, 6.07) is 15.0. The van der Waals surface area contributed by atoms with E-state index in [4.69, 9.17) is 11.6 Å². The zero-order valence-corrected chi connectivity index (χ0v) is 35.9. The van der Waals surface area contributed by atoms with E-state index in [0.29, 0.717) is 72.1 Å². The number of amides is 6. The molecule has 328 valence electrons. The van der Waals surface area contributed by atoms with Crippen LogP contribution in [0.25, 0.3) is 0 Å². The summed E-state index contributed by atoms with van der Waals surface area (Å²) in [5.74, 6) is 6.12. The normalized spacial score (nSPS) is 23.2. The van der Waals surface area contributed by atoms with Gasteiger partial charge in [-0.1, -0.05) is 47.9 Å². The molecule has 6 N–H and O–H groups in total. The van der Waals surface area contributed by atoms with Crippen LogP contribution >= 0.6 is 11.6 Å². The van der Waals surface area contributed by atoms with E-state index in [1.807, 2.05) is 53.5 Å². The van der Waals surface area contributed by atoms with E-state index in [1.54, 1.807) is 30.1 Å². The maximum atomic E-state index is 13.3. The fourth-order valence-electron chi connectivity index (χ4n) is 8.89. The Morgan fingerprint density at radius 1 is 0.937 bits per heavy atom. The van der Waals surface area contributed by atoms with Crippen molar-refractivity contribution in [2.45, 2.75) is 63.1 Å². The average molecular weight is 874 g/mol. The smallest absolute Gasteiger partial charge is 0.317 e. The second-order valence-electron chi connectivity index (χ2n) is 16.4. The average Bonchev–Trinajstić information content (AvgIpc) is 3.64. The van der Waals surface area contributed by atoms with Gasteiger partial charge < -0.3 is 41.3 Å². The second kappa shape index (κ2) is 19.7. The largest absolute Gasteiger partial charge is 0.368 e. The maximum Gasteiger partial charge on any atom is 0.317 e. The van der Waals surface area contributed by atoms with Crippen molar-refractivity contribution in [3.8, 4) is 11.8 Å². The van der Waals surface area contributed by atoms with Gasteiger partial charge in [0.25, 0.3) is 11.8 Å². The number of hydrogen-bond donors (Lipinski definition) is 6. The third-order valence-electron chi connectivity index (χ3n) is 12.4. The number of imide groups is 1. The molecule has 1 saturated carbocycles. The lowest BCUT2D eigenvalue weighted by atomic mass is 9.84. The summed E-state index contributed by atoms with van der Waals surface area (Å²) in [6.45, 7) is 3.89. The van der Waals surface area contributed by atoms with Crippen molar-refractivity contribution in [3.05, 3.63) is 89.1 Å². The number of nitrogens with one attached hydrogen (secondary N) is 6. The first-order chi connectivity index (χ1) is 30.6. The predicted octanol–water partition coefficient (Wildman–Crippen LogP) is 4.48. The third kappa shape index (κ3) is 10.3. The topological polar surface area (TPSA) is 193 Å². The van der Waals surface area contributed by atoms with E-state index in [9.17, 15) is 24.0 Å². The summed E-state index contributed by atoms with van der Waals surface area (Å²) in [5, 5.41) is 18.6. The van der Waals surface area contributed by atoms with Crippen LogP contribution in [0.2, 0.25) is 5.02 Å². The first kappa shape index (κ1) is 43.2. The number of hydrogen-bond acceptors (Lipinski definition) is 11. The zero-order valence-electron chi connectivity index (χ0n) is 35.2. The monoisotopic (exact) mass is 873 g/mol. The highest BCUT2D eigenvalue weighted by Crippen LogP contribution is 2.36. The summed E-state index contributed by atoms with van der Waals surface area (Å²) in [5.41, 5.74) is 3.57. The number of piperidine rings is 1. The summed E-state index contributed by atoms with van der Waals surface area (Å²) in [7, 11) is 1.58. The SMILES string of the molecule is CNC(=O)c1ccccc1Nc1nc(Nc2ccc(N3CCN(C(=O)NC4CCC(NCCC#CC5C=CC=C6C(=O)N(C7CCC(=O)NC7=O)CC65)CC4)CC3)cc2)ncc1Cl. The first-order valence-corrected chi connectivity index (χ1v) is 22.0. The van der Waals surface area contributed by atoms with Crippen LogP contribution in [-0.2, 0) is 14.4 Å². The number of likely N-dealkylation sites (tertiary alicyclic amines) is 1. The van der Waals surface area contributed by atoms with Crippen molar-refractivity contribution in [2.75, 3.05) is 61.8 Å². The lowest BCUT2D eigenvalue weighted by Gasteiger charge is -2.37. The second-order valence-corrected chi connectivity index (χ2v) is 16.8. The van der Waals surface area contributed by atoms with Gasteiger partial charge in [0.2, 0.25) is 17.8 Å². The van der Waals surface area contributed by atoms with Gasteiger partial charge in [-0.3, -0.25) is 24.5 Å². The highest BCUT2D eigenvalue weighted by molar-refractivity contribution is 6.33. The van der Waals surface area contributed by atoms with Gasteiger partial charge >= 0.3 is 6.03 Å². The summed E-state index contributed by atoms with van der Waals surface area (Å²) in [4.78, 5) is 77.5. The Bertz CT molecular complexity index is 2350. The van der Waals surface area contributed by atoms with Gasteiger partial charge in [-0.05, 0) is 68.5 Å². The molecule has 0 bridgehead atoms. The van der Waals surface area contributed by atoms with Crippen molar-refractivity contribution < 1.29 is 24.0 Å². The molecular weight excluding hydrogens is 822 g/mol. The molecule has 2 aromatic carbocycles. The predicted molar refractivity (Wildman–Crippen MR) is 241 cm³/mol. The molecule has 6 amide bonds. The summed E-state index contributed by atoms with van der Waals surface area (Å²) >= 11 is 6.40. The Balaban J connectivity index is 0.727. The lowest BCUT2D eigenvalue weighted by molar-refractivity contribution is -0.142. The number of halogens is 1. The van der Waals surface area contributed by atoms with Gasteiger partial charge in [0.05, 0.1) is 17.4 Å². The van der Waals surface area contributed by atoms with Gasteiger partial charge in [-0.2, -0.15) is 4.98 Å². The minimum Gasteiger partial charge on any atom is -0.368 e. The molecule has 3 atom stereocenters. The zero-order chi connectivity index (χ0) is 43.9. The molecular formula is C46H52ClN11O5. The van der Waals surface area contributed by atoms with Gasteiger partial charge in [0.15, 0.2) is 5.82 Å². The van der Waals surface area contributed by atoms with Gasteiger partial charge in [-0.15, -0.1) is 5.92 Å². The van der Waals surface area contributed by atoms with Crippen LogP contribution < -0.4 is 36.8 Å². The quantitative estimate of drug-likeness (QED) is 0.0905. The highest BCUT2D eigenvalue weighted by atomic mass is 35.5. The van der Waals surface area contributed by atoms with E-state index < -0.39 is 11.9 Å². The number of piperazine rings is 1. The number of anilines is 5. The molecule has 5 aliphatic rings. The van der Waals surface area contributed by atoms with Gasteiger partial charge in [-0.25, -0.2) is 9.78 Å². The Morgan fingerprint density at radius 3 is 2.46 bits per heavy atom. The van der Waals surface area contributed by atoms with E-state index in [0.717, 1.165) is 56.7 Å². The molecule has 3 saturated heterocycles. The maximum absolute atomic E-state index is 13.3. The molecule has 3 aliphatic heterocycles. The van der Waals surface area contributed by atoms with Crippen molar-refractivity contribution in [1.29, 1.82) is 0 Å². The number of nitrogens with zero attached hydrogens (tertiary/aromatic N) is 5. The van der Waals surface area contributed by atoms with Crippen LogP contribution in [-0.4, -0.2) is 114 Å². The van der Waals surface area contributed by atoms with Crippen molar-refractivity contribution in [3.63, 3.8) is 0 Å². The molecule has 16 nitrogen and oxygen atoms in total. The number of allylic oxidation sites excluding steroid dienone is 3. The number of carbonyl (C=O) groups is 5. The molecule has 0 radical (unpaired) electrons. The number of benzene rings is 2. The van der Waals surface area contributed by atoms with Crippen molar-refractivity contribution >= 4 is 70.1 Å². The number of para-hydroxylation sites is 1. The molecule has 4 fully saturated rings. The van der Waals surface area contributed by atoms with Crippen LogP contribution in [0.5, 0.6) is 0 Å². The summed E-state index contributed by atoms with van der Waals surface area (Å²) < 4.78 is 0. The van der Waals surface area contributed by atoms with E-state index >= 15 is 0 Å². The van der Waals surface area contributed by atoms with Crippen LogP contribution in [0.1, 0.15) is 55.3 Å². The standard InChI is InChI=1S/C46H52ClN11O5/c1-48-42(60)35-9-2-3-11-38(35)53-41-37(47)27-50-45(55-41)51-31-16-18-33(19-17-31)56-23-25-57(26-24-56)46(63)52-32-14-12-30(13-15-32)49-22-5-4-7-29-8-6-10-34-36(29)28-58(44(34)62)39-20-21-40(59)54-43(39)61/h2-3,6,8-11,16-19,27,29-30,32,36,39,49H,5,12-15,20-26,28H2,1H3,(H,48,60)(H,52,63)(H,54,59,61)(H2,50,51,53,55). The van der Waals surface area contributed by atoms with Gasteiger partial charge in [0.1, 0.15) is 11.1 Å². The van der Waals surface area contributed by atoms with E-state index in [1.165, 1.54) is 6.20 Å². The Labute approximate surface area is 371 Å². The van der Waals surface area contributed by atoms with Crippen LogP contribution in [0.15, 0.2) is 78.5 Å². The fourth-order valence-corrected chi connectivity index (χ4v) is 9.02. The highest BCUT2D eigenvalue weighted by Gasteiger charge is 2.45. The molecule has 17 heteroatoms. The number of urea groups is 1. The minimum absolute atomic E-state index is 0.00576. The van der Waals surface area contributed by atoms with Gasteiger partial charge in [0, 0.05) is 100 Å². The Morgan fingerprint density at radius 2 is 1.70 bits per heavy atom. The minimum atomic E-state index is -0.617. The first-order valence-electron chi connectivity index (χ1n) is 21.7. The Hall–Kier alpha value is -6.44. The van der Waals surface area contributed by atoms with Crippen LogP contribution in [0.4, 0.5) is 33.6 Å². The number of carbonyl (C=O) groups excluding carboxylic acids is 5. The third-order valence-corrected chi connectivity index (χ3v) is 12.6. The molecule has 2 aliphatic carbocycles. The van der Waals surface area contributed by atoms with E-state index in [2.05, 4.69) is 58.6 Å². The molecule has 63 heavy (non-hydrogen) atoms. The number of fused-ring (bicyclic) bond motifs is 1. The van der Waals surface area contributed by atoms with Crippen molar-refractivity contribution in [1.82, 2.24) is 41.0 Å². The number of aromatic nitrogens is 2. The Kier molecular flexibility index (Phi) is 13.5. The lowest BCUT2D eigenvalue weighted by Crippen LogP contribution is -2.54. The van der Waals surface area contributed by atoms with Crippen LogP contribution in [0.3, 0.4) is 0 Å². The van der Waals surface area contributed by atoms with Crippen LogP contribution in [0, 0.1) is 23.7 Å². The van der Waals surface area contributed by atoms with Crippen molar-refractivity contribution in [2.24, 2.45) is 11.8 Å². The molecule has 0 spiro atoms. The number of rotatable bonds is 11. The summed E-state index contributed by atoms with van der Waals surface area (Å²) in [6.07, 6.45) is 12.3. The molecule has 1 aromatic heterocycles. The fraction of sp³-hybridized carbons (Fsp3) is 0.413. The molecule has 4 heterocycles. The molecule has 3 unspecified atom stereocenters. The molecule has 8 rings (SSSR count). The van der Waals surface area contributed by atoms with E-state index in [-0.39, 0.29) is 48.1 Å². The molecule has 3 aromatic rings.